The number of hydrogen-bond acceptors (Lipinski definition) is 3. The Bertz CT molecular complexity index is 353. The maximum Gasteiger partial charge on any atom is 0.291 e. The summed E-state index contributed by atoms with van der Waals surface area (Å²) in [7, 11) is 0. The number of nitrogens with zero attached hydrogens (tertiary/aromatic N) is 2. The molecular weight excluding hydrogens is 180 g/mol. The van der Waals surface area contributed by atoms with Crippen LogP contribution in [0.2, 0.25) is 0 Å². The van der Waals surface area contributed by atoms with Crippen LogP contribution in [0.15, 0.2) is 0 Å². The van der Waals surface area contributed by atoms with Gasteiger partial charge >= 0.3 is 0 Å². The number of carbonyl (C=O) groups is 1. The van der Waals surface area contributed by atoms with Gasteiger partial charge in [-0.05, 0) is 33.1 Å². The lowest BCUT2D eigenvalue weighted by Crippen LogP contribution is -2.51. The zero-order chi connectivity index (χ0) is 10.2. The third-order valence-corrected chi connectivity index (χ3v) is 2.67. The number of carbonyl (C=O) groups excluding carboxylic acids is 1. The average molecular weight is 194 g/mol. The largest absolute Gasteiger partial charge is 0.344 e. The predicted octanol–water partition coefficient (Wildman–Crippen LogP) is 0.786. The number of hydrogen-bond donors (Lipinski definition) is 2. The third-order valence-electron chi connectivity index (χ3n) is 2.67. The molecule has 5 heteroatoms. The minimum absolute atomic E-state index is 0.0361. The van der Waals surface area contributed by atoms with Crippen molar-refractivity contribution in [3.63, 3.8) is 0 Å². The van der Waals surface area contributed by atoms with Crippen LogP contribution in [0.3, 0.4) is 0 Å². The number of H-pyrrole nitrogens is 1. The van der Waals surface area contributed by atoms with Crippen molar-refractivity contribution in [2.45, 2.75) is 38.6 Å². The van der Waals surface area contributed by atoms with Crippen molar-refractivity contribution in [1.29, 1.82) is 0 Å². The SMILES string of the molecule is Cc1nc(C(=O)NC2(C)CCC2)n[nH]1. The molecule has 1 aromatic rings. The lowest BCUT2D eigenvalue weighted by molar-refractivity contribution is 0.0840. The molecule has 1 aliphatic carbocycles. The number of aromatic amines is 1. The van der Waals surface area contributed by atoms with Gasteiger partial charge in [0.15, 0.2) is 0 Å². The molecule has 2 rings (SSSR count). The molecule has 76 valence electrons. The van der Waals surface area contributed by atoms with Crippen molar-refractivity contribution >= 4 is 5.91 Å². The van der Waals surface area contributed by atoms with Gasteiger partial charge in [-0.3, -0.25) is 9.89 Å². The normalized spacial score (nSPS) is 18.7. The van der Waals surface area contributed by atoms with Gasteiger partial charge in [0.2, 0.25) is 5.82 Å². The van der Waals surface area contributed by atoms with Gasteiger partial charge < -0.3 is 5.32 Å². The van der Waals surface area contributed by atoms with E-state index in [2.05, 4.69) is 20.5 Å². The smallest absolute Gasteiger partial charge is 0.291 e. The average Bonchev–Trinajstić information content (AvgIpc) is 2.49. The molecule has 1 aromatic heterocycles. The van der Waals surface area contributed by atoms with Crippen molar-refractivity contribution in [2.75, 3.05) is 0 Å². The van der Waals surface area contributed by atoms with E-state index in [-0.39, 0.29) is 17.3 Å². The fourth-order valence-electron chi connectivity index (χ4n) is 1.61. The number of nitrogens with one attached hydrogen (secondary N) is 2. The summed E-state index contributed by atoms with van der Waals surface area (Å²) in [6, 6.07) is 0. The van der Waals surface area contributed by atoms with Crippen LogP contribution in [0.5, 0.6) is 0 Å². The Labute approximate surface area is 82.3 Å². The first-order valence-electron chi connectivity index (χ1n) is 4.81. The molecule has 0 radical (unpaired) electrons. The Hall–Kier alpha value is -1.39. The van der Waals surface area contributed by atoms with E-state index in [1.165, 1.54) is 6.42 Å². The Morgan fingerprint density at radius 2 is 2.29 bits per heavy atom. The number of aromatic nitrogens is 3. The van der Waals surface area contributed by atoms with Crippen LogP contribution in [0.25, 0.3) is 0 Å². The van der Waals surface area contributed by atoms with Crippen LogP contribution < -0.4 is 5.32 Å². The third kappa shape index (κ3) is 1.62. The predicted molar refractivity (Wildman–Crippen MR) is 50.8 cm³/mol. The van der Waals surface area contributed by atoms with Crippen LogP contribution >= 0.6 is 0 Å². The molecular formula is C9H14N4O. The van der Waals surface area contributed by atoms with Gasteiger partial charge in [0.1, 0.15) is 5.82 Å². The van der Waals surface area contributed by atoms with Crippen molar-refractivity contribution in [3.8, 4) is 0 Å². The standard InChI is InChI=1S/C9H14N4O/c1-6-10-7(13-12-6)8(14)11-9(2)4-3-5-9/h3-5H2,1-2H3,(H,11,14)(H,10,12,13). The van der Waals surface area contributed by atoms with Crippen LogP contribution in [-0.4, -0.2) is 26.6 Å². The monoisotopic (exact) mass is 194 g/mol. The van der Waals surface area contributed by atoms with Crippen LogP contribution in [0, 0.1) is 6.92 Å². The van der Waals surface area contributed by atoms with E-state index in [9.17, 15) is 4.79 Å². The summed E-state index contributed by atoms with van der Waals surface area (Å²) in [5.74, 6) is 0.709. The first kappa shape index (κ1) is 9.18. The molecule has 0 aromatic carbocycles. The summed E-state index contributed by atoms with van der Waals surface area (Å²) in [5, 5.41) is 9.40. The lowest BCUT2D eigenvalue weighted by Gasteiger charge is -2.38. The maximum atomic E-state index is 11.6. The van der Waals surface area contributed by atoms with Gasteiger partial charge in [0.25, 0.3) is 5.91 Å². The van der Waals surface area contributed by atoms with Gasteiger partial charge in [0, 0.05) is 5.54 Å². The summed E-state index contributed by atoms with van der Waals surface area (Å²) >= 11 is 0. The lowest BCUT2D eigenvalue weighted by atomic mass is 9.78. The second-order valence-corrected chi connectivity index (χ2v) is 4.11. The summed E-state index contributed by atoms with van der Waals surface area (Å²) in [4.78, 5) is 15.6. The van der Waals surface area contributed by atoms with Crippen LogP contribution in [0.4, 0.5) is 0 Å². The summed E-state index contributed by atoms with van der Waals surface area (Å²) in [6.45, 7) is 3.82. The topological polar surface area (TPSA) is 70.7 Å². The Morgan fingerprint density at radius 1 is 1.57 bits per heavy atom. The van der Waals surface area contributed by atoms with E-state index < -0.39 is 0 Å². The van der Waals surface area contributed by atoms with Crippen molar-refractivity contribution < 1.29 is 4.79 Å². The quantitative estimate of drug-likeness (QED) is 0.731. The van der Waals surface area contributed by atoms with Crippen LogP contribution in [-0.2, 0) is 0 Å². The van der Waals surface area contributed by atoms with E-state index in [1.54, 1.807) is 6.92 Å². The highest BCUT2D eigenvalue weighted by Gasteiger charge is 2.34. The molecule has 0 unspecified atom stereocenters. The first-order valence-corrected chi connectivity index (χ1v) is 4.81. The fourth-order valence-corrected chi connectivity index (χ4v) is 1.61. The first-order chi connectivity index (χ1) is 6.59. The summed E-state index contributed by atoms with van der Waals surface area (Å²) in [5.41, 5.74) is -0.0361. The Morgan fingerprint density at radius 3 is 2.71 bits per heavy atom. The summed E-state index contributed by atoms with van der Waals surface area (Å²) in [6.07, 6.45) is 3.27. The molecule has 5 nitrogen and oxygen atoms in total. The fraction of sp³-hybridized carbons (Fsp3) is 0.667. The van der Waals surface area contributed by atoms with E-state index in [1.807, 2.05) is 6.92 Å². The number of rotatable bonds is 2. The molecule has 0 aliphatic heterocycles. The number of aryl methyl sites for hydroxylation is 1. The molecule has 1 heterocycles. The minimum Gasteiger partial charge on any atom is -0.344 e. The zero-order valence-corrected chi connectivity index (χ0v) is 8.42. The highest BCUT2D eigenvalue weighted by Crippen LogP contribution is 2.30. The zero-order valence-electron chi connectivity index (χ0n) is 8.42. The van der Waals surface area contributed by atoms with E-state index in [4.69, 9.17) is 0 Å². The summed E-state index contributed by atoms with van der Waals surface area (Å²) < 4.78 is 0. The molecule has 1 aliphatic rings. The van der Waals surface area contributed by atoms with E-state index >= 15 is 0 Å². The van der Waals surface area contributed by atoms with Gasteiger partial charge in [-0.25, -0.2) is 4.98 Å². The molecule has 0 spiro atoms. The molecule has 1 fully saturated rings. The van der Waals surface area contributed by atoms with Gasteiger partial charge in [0.05, 0.1) is 0 Å². The van der Waals surface area contributed by atoms with Gasteiger partial charge in [-0.1, -0.05) is 0 Å². The van der Waals surface area contributed by atoms with Crippen molar-refractivity contribution in [3.05, 3.63) is 11.6 Å². The molecule has 0 atom stereocenters. The molecule has 14 heavy (non-hydrogen) atoms. The van der Waals surface area contributed by atoms with Gasteiger partial charge in [-0.15, -0.1) is 5.10 Å². The Kier molecular flexibility index (Phi) is 2.02. The van der Waals surface area contributed by atoms with Crippen LogP contribution in [0.1, 0.15) is 42.6 Å². The highest BCUT2D eigenvalue weighted by molar-refractivity contribution is 5.90. The van der Waals surface area contributed by atoms with E-state index in [0.29, 0.717) is 5.82 Å². The second kappa shape index (κ2) is 3.08. The van der Waals surface area contributed by atoms with Gasteiger partial charge in [-0.2, -0.15) is 0 Å². The molecule has 0 bridgehead atoms. The van der Waals surface area contributed by atoms with E-state index in [0.717, 1.165) is 12.8 Å². The molecule has 1 saturated carbocycles. The Balaban J connectivity index is 2.02. The molecule has 2 N–H and O–H groups in total. The second-order valence-electron chi connectivity index (χ2n) is 4.11. The minimum atomic E-state index is -0.184. The van der Waals surface area contributed by atoms with Crippen molar-refractivity contribution in [2.24, 2.45) is 0 Å². The maximum absolute atomic E-state index is 11.6. The highest BCUT2D eigenvalue weighted by atomic mass is 16.2. The van der Waals surface area contributed by atoms with Crippen molar-refractivity contribution in [1.82, 2.24) is 20.5 Å². The molecule has 0 saturated heterocycles. The molecule has 1 amide bonds. The number of amides is 1.